The lowest BCUT2D eigenvalue weighted by Gasteiger charge is -2.05. The summed E-state index contributed by atoms with van der Waals surface area (Å²) in [4.78, 5) is 0. The molecule has 0 saturated carbocycles. The van der Waals surface area contributed by atoms with Gasteiger partial charge in [-0.25, -0.2) is 0 Å². The SMILES string of the molecule is OC(c1ccccc1)c1cnsn1. The molecule has 0 radical (unpaired) electrons. The predicted molar refractivity (Wildman–Crippen MR) is 50.4 cm³/mol. The molecule has 0 amide bonds. The molecule has 13 heavy (non-hydrogen) atoms. The minimum Gasteiger partial charge on any atom is -0.382 e. The number of aliphatic hydroxyl groups is 1. The number of benzene rings is 1. The van der Waals surface area contributed by atoms with Crippen LogP contribution in [0.4, 0.5) is 0 Å². The van der Waals surface area contributed by atoms with Gasteiger partial charge in [0.2, 0.25) is 0 Å². The fourth-order valence-corrected chi connectivity index (χ4v) is 1.54. The third-order valence-electron chi connectivity index (χ3n) is 1.77. The normalized spacial score (nSPS) is 12.7. The van der Waals surface area contributed by atoms with E-state index in [1.54, 1.807) is 6.20 Å². The van der Waals surface area contributed by atoms with E-state index in [1.807, 2.05) is 30.3 Å². The minimum atomic E-state index is -0.653. The van der Waals surface area contributed by atoms with Crippen molar-refractivity contribution in [2.45, 2.75) is 6.10 Å². The zero-order valence-electron chi connectivity index (χ0n) is 6.79. The van der Waals surface area contributed by atoms with Crippen molar-refractivity contribution in [2.75, 3.05) is 0 Å². The fourth-order valence-electron chi connectivity index (χ4n) is 1.10. The monoisotopic (exact) mass is 192 g/mol. The Balaban J connectivity index is 2.29. The molecule has 0 bridgehead atoms. The number of rotatable bonds is 2. The highest BCUT2D eigenvalue weighted by molar-refractivity contribution is 6.99. The third-order valence-corrected chi connectivity index (χ3v) is 2.27. The Bertz CT molecular complexity index is 360. The summed E-state index contributed by atoms with van der Waals surface area (Å²) in [6.07, 6.45) is 0.933. The molecule has 3 nitrogen and oxygen atoms in total. The van der Waals surface area contributed by atoms with Crippen molar-refractivity contribution in [3.8, 4) is 0 Å². The molecule has 4 heteroatoms. The van der Waals surface area contributed by atoms with Crippen molar-refractivity contribution >= 4 is 11.7 Å². The highest BCUT2D eigenvalue weighted by atomic mass is 32.1. The van der Waals surface area contributed by atoms with E-state index in [1.165, 1.54) is 0 Å². The zero-order valence-corrected chi connectivity index (χ0v) is 7.61. The molecule has 1 atom stereocenters. The molecule has 2 rings (SSSR count). The highest BCUT2D eigenvalue weighted by Gasteiger charge is 2.11. The van der Waals surface area contributed by atoms with Crippen LogP contribution < -0.4 is 0 Å². The van der Waals surface area contributed by atoms with E-state index in [-0.39, 0.29) is 0 Å². The molecule has 0 fully saturated rings. The standard InChI is InChI=1S/C9H8N2OS/c12-9(8-6-10-13-11-8)7-4-2-1-3-5-7/h1-6,9,12H. The summed E-state index contributed by atoms with van der Waals surface area (Å²) in [5.74, 6) is 0. The van der Waals surface area contributed by atoms with Crippen LogP contribution in [0.25, 0.3) is 0 Å². The van der Waals surface area contributed by atoms with Gasteiger partial charge in [0.15, 0.2) is 0 Å². The summed E-state index contributed by atoms with van der Waals surface area (Å²) in [7, 11) is 0. The van der Waals surface area contributed by atoms with Gasteiger partial charge in [-0.2, -0.15) is 8.75 Å². The third kappa shape index (κ3) is 1.74. The molecular formula is C9H8N2OS. The van der Waals surface area contributed by atoms with Gasteiger partial charge in [0.25, 0.3) is 0 Å². The van der Waals surface area contributed by atoms with E-state index in [2.05, 4.69) is 8.75 Å². The molecule has 1 unspecified atom stereocenters. The number of nitrogens with zero attached hydrogens (tertiary/aromatic N) is 2. The van der Waals surface area contributed by atoms with E-state index in [9.17, 15) is 5.11 Å². The molecule has 0 aliphatic carbocycles. The van der Waals surface area contributed by atoms with Gasteiger partial charge in [-0.3, -0.25) is 0 Å². The second-order valence-corrected chi connectivity index (χ2v) is 3.20. The van der Waals surface area contributed by atoms with Crippen LogP contribution in [0.5, 0.6) is 0 Å². The van der Waals surface area contributed by atoms with Gasteiger partial charge in [0.1, 0.15) is 11.8 Å². The Kier molecular flexibility index (Phi) is 2.33. The van der Waals surface area contributed by atoms with Crippen molar-refractivity contribution in [3.63, 3.8) is 0 Å². The largest absolute Gasteiger partial charge is 0.382 e. The minimum absolute atomic E-state index is 0.608. The van der Waals surface area contributed by atoms with E-state index < -0.39 is 6.10 Å². The van der Waals surface area contributed by atoms with Gasteiger partial charge in [-0.05, 0) is 5.56 Å². The van der Waals surface area contributed by atoms with Crippen LogP contribution in [-0.2, 0) is 0 Å². The lowest BCUT2D eigenvalue weighted by molar-refractivity contribution is 0.216. The molecule has 0 saturated heterocycles. The molecule has 2 aromatic rings. The molecule has 0 spiro atoms. The summed E-state index contributed by atoms with van der Waals surface area (Å²) in [6, 6.07) is 9.42. The number of aromatic nitrogens is 2. The first-order valence-electron chi connectivity index (χ1n) is 3.88. The van der Waals surface area contributed by atoms with Crippen LogP contribution in [-0.4, -0.2) is 13.9 Å². The predicted octanol–water partition coefficient (Wildman–Crippen LogP) is 1.62. The van der Waals surface area contributed by atoms with E-state index >= 15 is 0 Å². The maximum atomic E-state index is 9.78. The Morgan fingerprint density at radius 3 is 2.62 bits per heavy atom. The van der Waals surface area contributed by atoms with Crippen LogP contribution in [0.2, 0.25) is 0 Å². The Morgan fingerprint density at radius 1 is 1.23 bits per heavy atom. The fraction of sp³-hybridized carbons (Fsp3) is 0.111. The summed E-state index contributed by atoms with van der Waals surface area (Å²) < 4.78 is 7.81. The highest BCUT2D eigenvalue weighted by Crippen LogP contribution is 2.19. The first-order valence-corrected chi connectivity index (χ1v) is 4.61. The molecule has 1 heterocycles. The molecular weight excluding hydrogens is 184 g/mol. The number of aliphatic hydroxyl groups excluding tert-OH is 1. The number of hydrogen-bond donors (Lipinski definition) is 1. The van der Waals surface area contributed by atoms with Crippen molar-refractivity contribution < 1.29 is 5.11 Å². The Morgan fingerprint density at radius 2 is 2.00 bits per heavy atom. The molecule has 0 aliphatic rings. The Labute approximate surface area is 80.0 Å². The van der Waals surface area contributed by atoms with Crippen LogP contribution in [0.3, 0.4) is 0 Å². The molecule has 1 N–H and O–H groups in total. The van der Waals surface area contributed by atoms with Crippen molar-refractivity contribution in [1.29, 1.82) is 0 Å². The Hall–Kier alpha value is -1.26. The lowest BCUT2D eigenvalue weighted by Crippen LogP contribution is -1.98. The quantitative estimate of drug-likeness (QED) is 0.786. The van der Waals surface area contributed by atoms with Gasteiger partial charge < -0.3 is 5.11 Å². The van der Waals surface area contributed by atoms with Crippen molar-refractivity contribution in [3.05, 3.63) is 47.8 Å². The van der Waals surface area contributed by atoms with Crippen molar-refractivity contribution in [2.24, 2.45) is 0 Å². The van der Waals surface area contributed by atoms with Crippen LogP contribution in [0.15, 0.2) is 36.5 Å². The summed E-state index contributed by atoms with van der Waals surface area (Å²) in [6.45, 7) is 0. The second kappa shape index (κ2) is 3.64. The average Bonchev–Trinajstić information content (AvgIpc) is 2.71. The lowest BCUT2D eigenvalue weighted by atomic mass is 10.1. The van der Waals surface area contributed by atoms with E-state index in [0.29, 0.717) is 5.69 Å². The van der Waals surface area contributed by atoms with Gasteiger partial charge in [-0.15, -0.1) is 0 Å². The first kappa shape index (κ1) is 8.34. The molecule has 1 aromatic heterocycles. The van der Waals surface area contributed by atoms with Gasteiger partial charge in [-0.1, -0.05) is 30.3 Å². The van der Waals surface area contributed by atoms with Crippen LogP contribution in [0.1, 0.15) is 17.4 Å². The van der Waals surface area contributed by atoms with E-state index in [0.717, 1.165) is 17.3 Å². The van der Waals surface area contributed by atoms with Crippen LogP contribution >= 0.6 is 11.7 Å². The van der Waals surface area contributed by atoms with Gasteiger partial charge in [0.05, 0.1) is 17.9 Å². The van der Waals surface area contributed by atoms with E-state index in [4.69, 9.17) is 0 Å². The summed E-state index contributed by atoms with van der Waals surface area (Å²) in [5.41, 5.74) is 1.45. The van der Waals surface area contributed by atoms with Crippen molar-refractivity contribution in [1.82, 2.24) is 8.75 Å². The second-order valence-electron chi connectivity index (χ2n) is 2.65. The summed E-state index contributed by atoms with van der Waals surface area (Å²) >= 11 is 1.10. The van der Waals surface area contributed by atoms with Crippen LogP contribution in [0, 0.1) is 0 Å². The molecule has 1 aromatic carbocycles. The summed E-state index contributed by atoms with van der Waals surface area (Å²) in [5, 5.41) is 9.78. The smallest absolute Gasteiger partial charge is 0.124 e. The van der Waals surface area contributed by atoms with Gasteiger partial charge in [0, 0.05) is 0 Å². The maximum Gasteiger partial charge on any atom is 0.124 e. The maximum absolute atomic E-state index is 9.78. The number of hydrogen-bond acceptors (Lipinski definition) is 4. The molecule has 66 valence electrons. The first-order chi connectivity index (χ1) is 6.38. The zero-order chi connectivity index (χ0) is 9.10. The molecule has 0 aliphatic heterocycles. The van der Waals surface area contributed by atoms with Gasteiger partial charge >= 0.3 is 0 Å². The average molecular weight is 192 g/mol. The topological polar surface area (TPSA) is 46.0 Å².